The van der Waals surface area contributed by atoms with Crippen LogP contribution < -0.4 is 15.8 Å². The molecule has 0 bridgehead atoms. The van der Waals surface area contributed by atoms with Gasteiger partial charge in [-0.15, -0.1) is 0 Å². The minimum Gasteiger partial charge on any atom is -0.483 e. The summed E-state index contributed by atoms with van der Waals surface area (Å²) < 4.78 is 18.6. The molecule has 1 aromatic carbocycles. The van der Waals surface area contributed by atoms with E-state index in [1.807, 2.05) is 20.8 Å². The first-order chi connectivity index (χ1) is 9.31. The van der Waals surface area contributed by atoms with E-state index in [4.69, 9.17) is 10.5 Å². The quantitative estimate of drug-likeness (QED) is 0.842. The fourth-order valence-electron chi connectivity index (χ4n) is 1.61. The van der Waals surface area contributed by atoms with E-state index in [1.165, 1.54) is 12.1 Å². The van der Waals surface area contributed by atoms with E-state index in [-0.39, 0.29) is 24.6 Å². The molecule has 0 heterocycles. The predicted octanol–water partition coefficient (Wildman–Crippen LogP) is 2.38. The lowest BCUT2D eigenvalue weighted by atomic mass is 10.1. The van der Waals surface area contributed by atoms with Crippen molar-refractivity contribution in [2.45, 2.75) is 39.8 Å². The normalized spacial score (nSPS) is 13.9. The molecule has 0 saturated heterocycles. The van der Waals surface area contributed by atoms with E-state index in [2.05, 4.69) is 5.32 Å². The predicted molar refractivity (Wildman–Crippen MR) is 76.9 cm³/mol. The molecule has 2 unspecified atom stereocenters. The molecule has 0 radical (unpaired) electrons. The van der Waals surface area contributed by atoms with Gasteiger partial charge in [0.25, 0.3) is 5.91 Å². The van der Waals surface area contributed by atoms with Crippen LogP contribution in [0.5, 0.6) is 5.75 Å². The molecule has 1 rings (SSSR count). The van der Waals surface area contributed by atoms with Gasteiger partial charge in [-0.2, -0.15) is 0 Å². The standard InChI is InChI=1S/C15H23FN2O2/c1-9(2)11(4)18-15(19)8-20-14-7-12(16)5-6-13(14)10(3)17/h5-7,9-11H,8,17H2,1-4H3,(H,18,19). The molecule has 4 nitrogen and oxygen atoms in total. The molecule has 20 heavy (non-hydrogen) atoms. The van der Waals surface area contributed by atoms with E-state index in [9.17, 15) is 9.18 Å². The maximum atomic E-state index is 13.2. The molecule has 1 aromatic rings. The minimum absolute atomic E-state index is 0.0616. The van der Waals surface area contributed by atoms with Crippen LogP contribution in [0.4, 0.5) is 4.39 Å². The summed E-state index contributed by atoms with van der Waals surface area (Å²) in [5.74, 6) is 0.00605. The lowest BCUT2D eigenvalue weighted by Crippen LogP contribution is -2.39. The Balaban J connectivity index is 2.65. The van der Waals surface area contributed by atoms with Gasteiger partial charge in [-0.1, -0.05) is 19.9 Å². The highest BCUT2D eigenvalue weighted by molar-refractivity contribution is 5.77. The number of nitrogens with two attached hydrogens (primary N) is 1. The maximum absolute atomic E-state index is 13.2. The first-order valence-electron chi connectivity index (χ1n) is 6.78. The number of nitrogens with one attached hydrogen (secondary N) is 1. The zero-order chi connectivity index (χ0) is 15.3. The lowest BCUT2D eigenvalue weighted by molar-refractivity contribution is -0.124. The summed E-state index contributed by atoms with van der Waals surface area (Å²) in [4.78, 5) is 11.7. The van der Waals surface area contributed by atoms with Gasteiger partial charge in [0.1, 0.15) is 11.6 Å². The number of benzene rings is 1. The molecule has 112 valence electrons. The number of hydrogen-bond donors (Lipinski definition) is 2. The Morgan fingerprint density at radius 2 is 2.00 bits per heavy atom. The second-order valence-electron chi connectivity index (χ2n) is 5.36. The Labute approximate surface area is 119 Å². The van der Waals surface area contributed by atoms with Gasteiger partial charge in [-0.3, -0.25) is 4.79 Å². The molecular weight excluding hydrogens is 259 g/mol. The Bertz CT molecular complexity index is 461. The number of rotatable bonds is 6. The first kappa shape index (κ1) is 16.4. The molecule has 2 atom stereocenters. The Kier molecular flexibility index (Phi) is 5.95. The number of hydrogen-bond acceptors (Lipinski definition) is 3. The van der Waals surface area contributed by atoms with Crippen LogP contribution in [0.2, 0.25) is 0 Å². The van der Waals surface area contributed by atoms with Gasteiger partial charge in [-0.25, -0.2) is 4.39 Å². The molecule has 0 fully saturated rings. The van der Waals surface area contributed by atoms with Crippen LogP contribution in [0.25, 0.3) is 0 Å². The van der Waals surface area contributed by atoms with Gasteiger partial charge in [0.15, 0.2) is 6.61 Å². The highest BCUT2D eigenvalue weighted by atomic mass is 19.1. The van der Waals surface area contributed by atoms with E-state index in [0.29, 0.717) is 17.2 Å². The molecule has 0 saturated carbocycles. The lowest BCUT2D eigenvalue weighted by Gasteiger charge is -2.18. The largest absolute Gasteiger partial charge is 0.483 e. The van der Waals surface area contributed by atoms with Gasteiger partial charge in [-0.05, 0) is 25.8 Å². The van der Waals surface area contributed by atoms with Gasteiger partial charge < -0.3 is 15.8 Å². The molecule has 0 spiro atoms. The summed E-state index contributed by atoms with van der Waals surface area (Å²) in [7, 11) is 0. The van der Waals surface area contributed by atoms with E-state index in [1.54, 1.807) is 13.0 Å². The highest BCUT2D eigenvalue weighted by Crippen LogP contribution is 2.24. The van der Waals surface area contributed by atoms with Gasteiger partial charge in [0, 0.05) is 23.7 Å². The minimum atomic E-state index is -0.416. The smallest absolute Gasteiger partial charge is 0.258 e. The van der Waals surface area contributed by atoms with E-state index < -0.39 is 5.82 Å². The van der Waals surface area contributed by atoms with Crippen molar-refractivity contribution in [3.8, 4) is 5.75 Å². The number of carbonyl (C=O) groups is 1. The number of amides is 1. The Hall–Kier alpha value is -1.62. The van der Waals surface area contributed by atoms with Crippen molar-refractivity contribution in [1.29, 1.82) is 0 Å². The van der Waals surface area contributed by atoms with Crippen molar-refractivity contribution in [3.05, 3.63) is 29.6 Å². The van der Waals surface area contributed by atoms with E-state index in [0.717, 1.165) is 0 Å². The molecule has 3 N–H and O–H groups in total. The molecular formula is C15H23FN2O2. The molecule has 5 heteroatoms. The summed E-state index contributed by atoms with van der Waals surface area (Å²) in [6.45, 7) is 7.60. The number of ether oxygens (including phenoxy) is 1. The number of halogens is 1. The number of carbonyl (C=O) groups excluding carboxylic acids is 1. The second-order valence-corrected chi connectivity index (χ2v) is 5.36. The average Bonchev–Trinajstić information content (AvgIpc) is 2.35. The van der Waals surface area contributed by atoms with Crippen molar-refractivity contribution in [2.24, 2.45) is 11.7 Å². The topological polar surface area (TPSA) is 64.3 Å². The third-order valence-corrected chi connectivity index (χ3v) is 3.21. The Morgan fingerprint density at radius 1 is 1.35 bits per heavy atom. The second kappa shape index (κ2) is 7.24. The monoisotopic (exact) mass is 282 g/mol. The van der Waals surface area contributed by atoms with Crippen LogP contribution in [0.3, 0.4) is 0 Å². The maximum Gasteiger partial charge on any atom is 0.258 e. The zero-order valence-electron chi connectivity index (χ0n) is 12.4. The Morgan fingerprint density at radius 3 is 2.55 bits per heavy atom. The fraction of sp³-hybridized carbons (Fsp3) is 0.533. The van der Waals surface area contributed by atoms with Gasteiger partial charge in [0.05, 0.1) is 0 Å². The van der Waals surface area contributed by atoms with Crippen molar-refractivity contribution < 1.29 is 13.9 Å². The summed E-state index contributed by atoms with van der Waals surface area (Å²) in [5, 5.41) is 2.82. The van der Waals surface area contributed by atoms with Crippen LogP contribution in [-0.2, 0) is 4.79 Å². The van der Waals surface area contributed by atoms with Crippen LogP contribution in [0.15, 0.2) is 18.2 Å². The zero-order valence-corrected chi connectivity index (χ0v) is 12.4. The van der Waals surface area contributed by atoms with Crippen molar-refractivity contribution in [1.82, 2.24) is 5.32 Å². The van der Waals surface area contributed by atoms with Crippen LogP contribution in [-0.4, -0.2) is 18.6 Å². The van der Waals surface area contributed by atoms with Crippen molar-refractivity contribution in [2.75, 3.05) is 6.61 Å². The SMILES string of the molecule is CC(N)c1ccc(F)cc1OCC(=O)NC(C)C(C)C. The molecule has 0 aliphatic heterocycles. The highest BCUT2D eigenvalue weighted by Gasteiger charge is 2.14. The average molecular weight is 282 g/mol. The summed E-state index contributed by atoms with van der Waals surface area (Å²) >= 11 is 0. The van der Waals surface area contributed by atoms with Crippen LogP contribution >= 0.6 is 0 Å². The van der Waals surface area contributed by atoms with Crippen LogP contribution in [0.1, 0.15) is 39.3 Å². The van der Waals surface area contributed by atoms with Crippen molar-refractivity contribution >= 4 is 5.91 Å². The van der Waals surface area contributed by atoms with Gasteiger partial charge in [0.2, 0.25) is 0 Å². The fourth-order valence-corrected chi connectivity index (χ4v) is 1.61. The summed E-state index contributed by atoms with van der Waals surface area (Å²) in [5.41, 5.74) is 6.47. The van der Waals surface area contributed by atoms with Crippen molar-refractivity contribution in [3.63, 3.8) is 0 Å². The van der Waals surface area contributed by atoms with Gasteiger partial charge >= 0.3 is 0 Å². The third kappa shape index (κ3) is 4.81. The molecule has 0 aliphatic rings. The summed E-state index contributed by atoms with van der Waals surface area (Å²) in [6.07, 6.45) is 0. The molecule has 1 amide bonds. The first-order valence-corrected chi connectivity index (χ1v) is 6.78. The van der Waals surface area contributed by atoms with E-state index >= 15 is 0 Å². The molecule has 0 aliphatic carbocycles. The van der Waals surface area contributed by atoms with Crippen LogP contribution in [0, 0.1) is 11.7 Å². The molecule has 0 aromatic heterocycles. The summed E-state index contributed by atoms with van der Waals surface area (Å²) in [6, 6.07) is 3.92. The third-order valence-electron chi connectivity index (χ3n) is 3.21.